The van der Waals surface area contributed by atoms with Gasteiger partial charge in [-0.25, -0.2) is 0 Å². The first-order chi connectivity index (χ1) is 11.6. The van der Waals surface area contributed by atoms with Gasteiger partial charge in [0.25, 0.3) is 0 Å². The predicted molar refractivity (Wildman–Crippen MR) is 97.2 cm³/mol. The van der Waals surface area contributed by atoms with Crippen molar-refractivity contribution in [3.8, 4) is 0 Å². The first-order valence-electron chi connectivity index (χ1n) is 8.85. The third kappa shape index (κ3) is 6.36. The molecule has 1 aliphatic heterocycles. The molecule has 0 amide bonds. The van der Waals surface area contributed by atoms with Gasteiger partial charge in [0, 0.05) is 26.2 Å². The minimum atomic E-state index is -0.503. The molecule has 0 aliphatic carbocycles. The van der Waals surface area contributed by atoms with Crippen LogP contribution in [0.5, 0.6) is 0 Å². The van der Waals surface area contributed by atoms with Crippen LogP contribution in [0.4, 0.5) is 0 Å². The van der Waals surface area contributed by atoms with E-state index in [-0.39, 0.29) is 6.10 Å². The van der Waals surface area contributed by atoms with E-state index < -0.39 is 6.10 Å². The number of aliphatic hydroxyl groups is 1. The zero-order valence-electron chi connectivity index (χ0n) is 15.0. The van der Waals surface area contributed by atoms with Crippen molar-refractivity contribution < 1.29 is 14.6 Å². The molecule has 1 fully saturated rings. The molecule has 4 nitrogen and oxygen atoms in total. The van der Waals surface area contributed by atoms with Crippen molar-refractivity contribution in [2.24, 2.45) is 0 Å². The lowest BCUT2D eigenvalue weighted by atomic mass is 10.0. The van der Waals surface area contributed by atoms with Crippen molar-refractivity contribution in [1.82, 2.24) is 4.90 Å². The van der Waals surface area contributed by atoms with Gasteiger partial charge in [-0.2, -0.15) is 0 Å². The van der Waals surface area contributed by atoms with E-state index in [1.165, 1.54) is 16.7 Å². The van der Waals surface area contributed by atoms with Crippen molar-refractivity contribution in [3.05, 3.63) is 47.5 Å². The van der Waals surface area contributed by atoms with Crippen molar-refractivity contribution in [1.29, 1.82) is 0 Å². The molecule has 2 atom stereocenters. The summed E-state index contributed by atoms with van der Waals surface area (Å²) in [5.74, 6) is 0. The molecular weight excluding hydrogens is 302 g/mol. The van der Waals surface area contributed by atoms with E-state index in [0.717, 1.165) is 32.5 Å². The molecule has 0 bridgehead atoms. The van der Waals surface area contributed by atoms with E-state index in [9.17, 15) is 5.11 Å². The van der Waals surface area contributed by atoms with Crippen LogP contribution in [-0.2, 0) is 16.0 Å². The molecule has 1 aromatic rings. The van der Waals surface area contributed by atoms with E-state index in [2.05, 4.69) is 43.5 Å². The molecule has 1 saturated heterocycles. The van der Waals surface area contributed by atoms with E-state index in [0.29, 0.717) is 19.8 Å². The molecule has 0 aromatic heterocycles. The summed E-state index contributed by atoms with van der Waals surface area (Å²) in [6.07, 6.45) is 3.71. The number of ether oxygens (including phenoxy) is 2. The van der Waals surface area contributed by atoms with Gasteiger partial charge in [0.15, 0.2) is 0 Å². The average Bonchev–Trinajstić information content (AvgIpc) is 3.03. The maximum Gasteiger partial charge on any atom is 0.0900 e. The molecule has 0 saturated carbocycles. The second-order valence-electron chi connectivity index (χ2n) is 6.74. The number of nitrogens with zero attached hydrogens (tertiary/aromatic N) is 1. The van der Waals surface area contributed by atoms with Crippen LogP contribution in [0.3, 0.4) is 0 Å². The van der Waals surface area contributed by atoms with Gasteiger partial charge in [0.1, 0.15) is 0 Å². The minimum Gasteiger partial charge on any atom is -0.389 e. The Morgan fingerprint density at radius 1 is 1.46 bits per heavy atom. The largest absolute Gasteiger partial charge is 0.389 e. The molecule has 134 valence electrons. The Kier molecular flexibility index (Phi) is 7.92. The number of aryl methyl sites for hydroxylation is 2. The van der Waals surface area contributed by atoms with Gasteiger partial charge in [-0.1, -0.05) is 29.8 Å². The topological polar surface area (TPSA) is 41.9 Å². The Labute approximate surface area is 146 Å². The molecule has 24 heavy (non-hydrogen) atoms. The van der Waals surface area contributed by atoms with Crippen LogP contribution in [0, 0.1) is 13.8 Å². The summed E-state index contributed by atoms with van der Waals surface area (Å²) in [6, 6.07) is 6.55. The molecule has 1 N–H and O–H groups in total. The van der Waals surface area contributed by atoms with Crippen LogP contribution in [0.15, 0.2) is 30.9 Å². The lowest BCUT2D eigenvalue weighted by molar-refractivity contribution is 0.00851. The number of rotatable bonds is 10. The fourth-order valence-corrected chi connectivity index (χ4v) is 3.18. The number of benzene rings is 1. The second-order valence-corrected chi connectivity index (χ2v) is 6.74. The van der Waals surface area contributed by atoms with Crippen molar-refractivity contribution in [2.45, 2.75) is 45.4 Å². The zero-order valence-corrected chi connectivity index (χ0v) is 15.0. The van der Waals surface area contributed by atoms with Gasteiger partial charge >= 0.3 is 0 Å². The van der Waals surface area contributed by atoms with Gasteiger partial charge in [-0.05, 0) is 37.8 Å². The van der Waals surface area contributed by atoms with Crippen molar-refractivity contribution in [3.63, 3.8) is 0 Å². The summed E-state index contributed by atoms with van der Waals surface area (Å²) in [5.41, 5.74) is 3.88. The molecular formula is C20H31NO3. The van der Waals surface area contributed by atoms with E-state index in [1.807, 2.05) is 0 Å². The molecule has 1 aromatic carbocycles. The number of hydrogen-bond acceptors (Lipinski definition) is 4. The highest BCUT2D eigenvalue weighted by molar-refractivity contribution is 5.30. The predicted octanol–water partition coefficient (Wildman–Crippen LogP) is 2.85. The highest BCUT2D eigenvalue weighted by atomic mass is 16.5. The fourth-order valence-electron chi connectivity index (χ4n) is 3.18. The molecule has 1 heterocycles. The lowest BCUT2D eigenvalue weighted by Gasteiger charge is -2.28. The Morgan fingerprint density at radius 3 is 2.96 bits per heavy atom. The van der Waals surface area contributed by atoms with Crippen LogP contribution in [0.2, 0.25) is 0 Å². The van der Waals surface area contributed by atoms with Crippen LogP contribution in [0.1, 0.15) is 29.5 Å². The maximum atomic E-state index is 10.3. The van der Waals surface area contributed by atoms with E-state index >= 15 is 0 Å². The van der Waals surface area contributed by atoms with Crippen LogP contribution in [-0.4, -0.2) is 55.1 Å². The first kappa shape index (κ1) is 19.1. The van der Waals surface area contributed by atoms with Gasteiger partial charge in [-0.3, -0.25) is 4.90 Å². The van der Waals surface area contributed by atoms with Crippen LogP contribution >= 0.6 is 0 Å². The van der Waals surface area contributed by atoms with Crippen LogP contribution in [0.25, 0.3) is 0 Å². The summed E-state index contributed by atoms with van der Waals surface area (Å²) in [6.45, 7) is 11.8. The van der Waals surface area contributed by atoms with Crippen molar-refractivity contribution >= 4 is 0 Å². The summed E-state index contributed by atoms with van der Waals surface area (Å²) in [7, 11) is 0. The third-order valence-electron chi connectivity index (χ3n) is 4.39. The average molecular weight is 333 g/mol. The molecule has 0 unspecified atom stereocenters. The number of hydrogen-bond donors (Lipinski definition) is 1. The van der Waals surface area contributed by atoms with Gasteiger partial charge < -0.3 is 14.6 Å². The van der Waals surface area contributed by atoms with Gasteiger partial charge in [0.2, 0.25) is 0 Å². The maximum absolute atomic E-state index is 10.3. The number of aliphatic hydroxyl groups excluding tert-OH is 1. The quantitative estimate of drug-likeness (QED) is 0.528. The van der Waals surface area contributed by atoms with Crippen LogP contribution < -0.4 is 0 Å². The minimum absolute atomic E-state index is 0.275. The Balaban J connectivity index is 1.96. The fraction of sp³-hybridized carbons (Fsp3) is 0.600. The lowest BCUT2D eigenvalue weighted by Crippen LogP contribution is -2.39. The SMILES string of the molecule is C=CCOC[C@H](O)CN(Cc1ccc(C)cc1C)C[C@@H]1CCCO1. The van der Waals surface area contributed by atoms with Gasteiger partial charge in [0.05, 0.1) is 25.4 Å². The van der Waals surface area contributed by atoms with E-state index in [4.69, 9.17) is 9.47 Å². The van der Waals surface area contributed by atoms with E-state index in [1.54, 1.807) is 6.08 Å². The summed E-state index contributed by atoms with van der Waals surface area (Å²) >= 11 is 0. The highest BCUT2D eigenvalue weighted by Crippen LogP contribution is 2.18. The zero-order chi connectivity index (χ0) is 17.4. The third-order valence-corrected chi connectivity index (χ3v) is 4.39. The highest BCUT2D eigenvalue weighted by Gasteiger charge is 2.21. The second kappa shape index (κ2) is 9.94. The molecule has 0 spiro atoms. The monoisotopic (exact) mass is 333 g/mol. The molecule has 4 heteroatoms. The Bertz CT molecular complexity index is 512. The summed E-state index contributed by atoms with van der Waals surface area (Å²) in [5, 5.41) is 10.3. The normalized spacial score (nSPS) is 18.9. The molecule has 0 radical (unpaired) electrons. The first-order valence-corrected chi connectivity index (χ1v) is 8.85. The molecule has 2 rings (SSSR count). The Morgan fingerprint density at radius 2 is 2.29 bits per heavy atom. The van der Waals surface area contributed by atoms with Crippen molar-refractivity contribution in [2.75, 3.05) is 32.9 Å². The van der Waals surface area contributed by atoms with Gasteiger partial charge in [-0.15, -0.1) is 6.58 Å². The Hall–Kier alpha value is -1.20. The summed E-state index contributed by atoms with van der Waals surface area (Å²) < 4.78 is 11.2. The standard InChI is InChI=1S/C20H31NO3/c1-4-9-23-15-19(22)13-21(14-20-6-5-10-24-20)12-18-8-7-16(2)11-17(18)3/h4,7-8,11,19-20,22H,1,5-6,9-10,12-15H2,2-3H3/t19-,20+/m1/s1. The summed E-state index contributed by atoms with van der Waals surface area (Å²) in [4.78, 5) is 2.29. The smallest absolute Gasteiger partial charge is 0.0900 e. The molecule has 1 aliphatic rings.